The molecule has 28 heavy (non-hydrogen) atoms. The highest BCUT2D eigenvalue weighted by Crippen LogP contribution is 2.32. The third kappa shape index (κ3) is 3.21. The maximum atomic E-state index is 13.1. The third-order valence-corrected chi connectivity index (χ3v) is 5.50. The molecule has 0 radical (unpaired) electrons. The lowest BCUT2D eigenvalue weighted by Gasteiger charge is -2.03. The lowest BCUT2D eigenvalue weighted by atomic mass is 10.2. The van der Waals surface area contributed by atoms with Gasteiger partial charge in [0.25, 0.3) is 5.91 Å². The number of benzene rings is 2. The van der Waals surface area contributed by atoms with Crippen LogP contribution in [-0.4, -0.2) is 23.6 Å². The van der Waals surface area contributed by atoms with Gasteiger partial charge in [0.1, 0.15) is 5.76 Å². The van der Waals surface area contributed by atoms with Crippen molar-refractivity contribution < 1.29 is 18.7 Å². The van der Waals surface area contributed by atoms with Crippen LogP contribution in [0, 0.1) is 0 Å². The summed E-state index contributed by atoms with van der Waals surface area (Å²) in [6, 6.07) is 16.2. The van der Waals surface area contributed by atoms with Gasteiger partial charge in [0.05, 0.1) is 18.2 Å². The average Bonchev–Trinajstić information content (AvgIpc) is 3.32. The number of carbonyl (C=O) groups is 2. The number of halogens is 2. The molecule has 2 aromatic carbocycles. The number of ether oxygens (including phenoxy) is 1. The van der Waals surface area contributed by atoms with E-state index in [1.54, 1.807) is 36.4 Å². The molecular formula is C21H13Br2NO4. The molecule has 140 valence electrons. The zero-order valence-electron chi connectivity index (χ0n) is 14.6. The second kappa shape index (κ2) is 7.41. The minimum Gasteiger partial charge on any atom is -0.465 e. The molecule has 0 N–H and O–H groups in total. The monoisotopic (exact) mass is 501 g/mol. The number of hydrogen-bond acceptors (Lipinski definition) is 4. The summed E-state index contributed by atoms with van der Waals surface area (Å²) in [7, 11) is 1.31. The van der Waals surface area contributed by atoms with Crippen molar-refractivity contribution in [3.8, 4) is 11.3 Å². The Morgan fingerprint density at radius 3 is 2.57 bits per heavy atom. The lowest BCUT2D eigenvalue weighted by Crippen LogP contribution is -2.10. The molecule has 7 heteroatoms. The van der Waals surface area contributed by atoms with E-state index in [1.807, 2.05) is 18.2 Å². The van der Waals surface area contributed by atoms with Crippen LogP contribution in [0.2, 0.25) is 0 Å². The third-order valence-electron chi connectivity index (χ3n) is 4.35. The van der Waals surface area contributed by atoms with Crippen molar-refractivity contribution in [2.45, 2.75) is 0 Å². The predicted molar refractivity (Wildman–Crippen MR) is 113 cm³/mol. The summed E-state index contributed by atoms with van der Waals surface area (Å²) < 4.78 is 13.8. The second-order valence-corrected chi connectivity index (χ2v) is 7.78. The van der Waals surface area contributed by atoms with Crippen molar-refractivity contribution in [1.82, 2.24) is 4.57 Å². The van der Waals surface area contributed by atoms with Crippen molar-refractivity contribution in [3.05, 3.63) is 81.1 Å². The van der Waals surface area contributed by atoms with Crippen LogP contribution in [0.4, 0.5) is 0 Å². The first kappa shape index (κ1) is 18.7. The summed E-state index contributed by atoms with van der Waals surface area (Å²) in [4.78, 5) is 25.1. The molecule has 2 heterocycles. The Morgan fingerprint density at radius 1 is 1.04 bits per heavy atom. The molecule has 0 atom stereocenters. The first-order valence-corrected chi connectivity index (χ1v) is 9.86. The van der Waals surface area contributed by atoms with Gasteiger partial charge < -0.3 is 9.15 Å². The van der Waals surface area contributed by atoms with Crippen LogP contribution >= 0.6 is 31.9 Å². The summed E-state index contributed by atoms with van der Waals surface area (Å²) in [5.41, 5.74) is 1.76. The molecule has 2 aromatic heterocycles. The van der Waals surface area contributed by atoms with Gasteiger partial charge in [-0.05, 0) is 52.3 Å². The highest BCUT2D eigenvalue weighted by atomic mass is 79.9. The van der Waals surface area contributed by atoms with E-state index in [4.69, 9.17) is 9.15 Å². The number of furan rings is 1. The Bertz CT molecular complexity index is 1220. The lowest BCUT2D eigenvalue weighted by molar-refractivity contribution is 0.0603. The zero-order valence-corrected chi connectivity index (χ0v) is 17.8. The molecule has 4 rings (SSSR count). The Balaban J connectivity index is 1.77. The summed E-state index contributed by atoms with van der Waals surface area (Å²) in [6.45, 7) is 0. The van der Waals surface area contributed by atoms with Crippen molar-refractivity contribution in [2.24, 2.45) is 0 Å². The molecular weight excluding hydrogens is 490 g/mol. The number of hydrogen-bond donors (Lipinski definition) is 0. The van der Waals surface area contributed by atoms with Gasteiger partial charge >= 0.3 is 5.97 Å². The van der Waals surface area contributed by atoms with Gasteiger partial charge in [0.2, 0.25) is 0 Å². The molecule has 0 aliphatic rings. The molecule has 0 bridgehead atoms. The highest BCUT2D eigenvalue weighted by molar-refractivity contribution is 9.11. The SMILES string of the molecule is COC(=O)c1cn(C(=O)c2ccc(-c3ccc(Br)cc3Br)o2)c2ccccc12. The molecule has 0 amide bonds. The zero-order chi connectivity index (χ0) is 19.8. The molecule has 4 aromatic rings. The predicted octanol–water partition coefficient (Wildman–Crippen LogP) is 5.90. The van der Waals surface area contributed by atoms with E-state index >= 15 is 0 Å². The van der Waals surface area contributed by atoms with Crippen LogP contribution in [0.25, 0.3) is 22.2 Å². The quantitative estimate of drug-likeness (QED) is 0.327. The average molecular weight is 503 g/mol. The topological polar surface area (TPSA) is 61.4 Å². The fraction of sp³-hybridized carbons (Fsp3) is 0.0476. The number of nitrogens with zero attached hydrogens (tertiary/aromatic N) is 1. The largest absolute Gasteiger partial charge is 0.465 e. The first-order valence-electron chi connectivity index (χ1n) is 8.28. The van der Waals surface area contributed by atoms with E-state index in [9.17, 15) is 9.59 Å². The Kier molecular flexibility index (Phi) is 4.95. The Morgan fingerprint density at radius 2 is 1.82 bits per heavy atom. The fourth-order valence-electron chi connectivity index (χ4n) is 3.03. The fourth-order valence-corrected chi connectivity index (χ4v) is 4.27. The van der Waals surface area contributed by atoms with Crippen molar-refractivity contribution >= 4 is 54.6 Å². The van der Waals surface area contributed by atoms with E-state index in [0.29, 0.717) is 22.2 Å². The summed E-state index contributed by atoms with van der Waals surface area (Å²) in [6.07, 6.45) is 1.48. The van der Waals surface area contributed by atoms with Crippen LogP contribution in [0.15, 0.2) is 74.2 Å². The van der Waals surface area contributed by atoms with Crippen molar-refractivity contribution in [2.75, 3.05) is 7.11 Å². The van der Waals surface area contributed by atoms with Crippen LogP contribution in [0.3, 0.4) is 0 Å². The van der Waals surface area contributed by atoms with E-state index in [2.05, 4.69) is 31.9 Å². The van der Waals surface area contributed by atoms with Crippen LogP contribution < -0.4 is 0 Å². The van der Waals surface area contributed by atoms with Crippen LogP contribution in [-0.2, 0) is 4.74 Å². The van der Waals surface area contributed by atoms with Crippen molar-refractivity contribution in [1.29, 1.82) is 0 Å². The number of aromatic nitrogens is 1. The molecule has 0 saturated carbocycles. The molecule has 5 nitrogen and oxygen atoms in total. The number of methoxy groups -OCH3 is 1. The second-order valence-electron chi connectivity index (χ2n) is 6.01. The summed E-state index contributed by atoms with van der Waals surface area (Å²) in [5.74, 6) is -0.137. The van der Waals surface area contributed by atoms with Gasteiger partial charge in [-0.1, -0.05) is 34.1 Å². The smallest absolute Gasteiger partial charge is 0.340 e. The number of rotatable bonds is 3. The number of fused-ring (bicyclic) bond motifs is 1. The highest BCUT2D eigenvalue weighted by Gasteiger charge is 2.22. The van der Waals surface area contributed by atoms with Gasteiger partial charge in [0, 0.05) is 26.1 Å². The summed E-state index contributed by atoms with van der Waals surface area (Å²) >= 11 is 6.92. The van der Waals surface area contributed by atoms with E-state index in [-0.39, 0.29) is 11.7 Å². The Hall–Kier alpha value is -2.64. The number of para-hydroxylation sites is 1. The van der Waals surface area contributed by atoms with Gasteiger partial charge in [-0.2, -0.15) is 0 Å². The number of carbonyl (C=O) groups excluding carboxylic acids is 2. The standard InChI is InChI=1S/C21H13Br2NO4/c1-27-21(26)15-11-24(17-5-3-2-4-13(15)17)20(25)19-9-8-18(28-19)14-7-6-12(22)10-16(14)23/h2-11H,1H3. The number of esters is 1. The van der Waals surface area contributed by atoms with Gasteiger partial charge in [-0.25, -0.2) is 4.79 Å². The van der Waals surface area contributed by atoms with Gasteiger partial charge in [0.15, 0.2) is 5.76 Å². The maximum absolute atomic E-state index is 13.1. The normalized spacial score (nSPS) is 11.0. The molecule has 0 unspecified atom stereocenters. The van der Waals surface area contributed by atoms with E-state index < -0.39 is 5.97 Å². The Labute approximate surface area is 177 Å². The van der Waals surface area contributed by atoms with Gasteiger partial charge in [-0.15, -0.1) is 0 Å². The molecule has 0 aliphatic carbocycles. The maximum Gasteiger partial charge on any atom is 0.340 e. The van der Waals surface area contributed by atoms with E-state index in [1.165, 1.54) is 17.9 Å². The molecule has 0 saturated heterocycles. The molecule has 0 fully saturated rings. The minimum atomic E-state index is -0.498. The molecule has 0 spiro atoms. The van der Waals surface area contributed by atoms with Crippen LogP contribution in [0.5, 0.6) is 0 Å². The van der Waals surface area contributed by atoms with Crippen LogP contribution in [0.1, 0.15) is 20.9 Å². The summed E-state index contributed by atoms with van der Waals surface area (Å²) in [5, 5.41) is 0.644. The minimum absolute atomic E-state index is 0.169. The first-order chi connectivity index (χ1) is 13.5. The van der Waals surface area contributed by atoms with Crippen molar-refractivity contribution in [3.63, 3.8) is 0 Å². The molecule has 0 aliphatic heterocycles. The van der Waals surface area contributed by atoms with E-state index in [0.717, 1.165) is 14.5 Å². The van der Waals surface area contributed by atoms with Gasteiger partial charge in [-0.3, -0.25) is 9.36 Å².